The van der Waals surface area contributed by atoms with Crippen LogP contribution >= 0.6 is 0 Å². The predicted octanol–water partition coefficient (Wildman–Crippen LogP) is 1.85. The van der Waals surface area contributed by atoms with E-state index in [4.69, 9.17) is 4.74 Å². The van der Waals surface area contributed by atoms with Crippen LogP contribution in [0.25, 0.3) is 0 Å². The largest absolute Gasteiger partial charge is 0.508 e. The second kappa shape index (κ2) is 6.39. The van der Waals surface area contributed by atoms with E-state index in [1.165, 1.54) is 10.6 Å². The Bertz CT molecular complexity index is 841. The van der Waals surface area contributed by atoms with Crippen molar-refractivity contribution in [2.24, 2.45) is 0 Å². The highest BCUT2D eigenvalue weighted by Gasteiger charge is 2.24. The summed E-state index contributed by atoms with van der Waals surface area (Å²) in [6.45, 7) is 2.68. The minimum Gasteiger partial charge on any atom is -0.508 e. The van der Waals surface area contributed by atoms with Crippen molar-refractivity contribution in [1.29, 1.82) is 0 Å². The zero-order valence-electron chi connectivity index (χ0n) is 13.8. The zero-order chi connectivity index (χ0) is 17.3. The van der Waals surface area contributed by atoms with Gasteiger partial charge >= 0.3 is 0 Å². The van der Waals surface area contributed by atoms with E-state index in [2.05, 4.69) is 0 Å². The Balaban J connectivity index is 1.73. The van der Waals surface area contributed by atoms with Crippen molar-refractivity contribution in [3.05, 3.63) is 51.9 Å². The number of anilines is 1. The summed E-state index contributed by atoms with van der Waals surface area (Å²) in [5.74, 6) is 0.718. The van der Waals surface area contributed by atoms with E-state index < -0.39 is 0 Å². The number of fused-ring (bicyclic) bond motifs is 1. The Morgan fingerprint density at radius 2 is 2.08 bits per heavy atom. The van der Waals surface area contributed by atoms with Gasteiger partial charge in [-0.2, -0.15) is 0 Å². The summed E-state index contributed by atoms with van der Waals surface area (Å²) in [5, 5.41) is 9.42. The third-order valence-electron chi connectivity index (χ3n) is 4.35. The number of aryl methyl sites for hydroxylation is 1. The minimum atomic E-state index is -0.299. The van der Waals surface area contributed by atoms with Gasteiger partial charge < -0.3 is 19.3 Å². The van der Waals surface area contributed by atoms with Crippen molar-refractivity contribution in [3.8, 4) is 11.5 Å². The average Bonchev–Trinajstić information content (AvgIpc) is 2.96. The quantitative estimate of drug-likeness (QED) is 0.930. The molecule has 1 aliphatic rings. The summed E-state index contributed by atoms with van der Waals surface area (Å²) in [5.41, 5.74) is 2.35. The van der Waals surface area contributed by atoms with E-state index in [1.54, 1.807) is 18.9 Å². The molecule has 24 heavy (non-hydrogen) atoms. The van der Waals surface area contributed by atoms with Gasteiger partial charge in [0.15, 0.2) is 0 Å². The molecule has 0 bridgehead atoms. The summed E-state index contributed by atoms with van der Waals surface area (Å²) in [7, 11) is 1.62. The van der Waals surface area contributed by atoms with Crippen molar-refractivity contribution in [1.82, 2.24) is 4.57 Å². The van der Waals surface area contributed by atoms with Crippen LogP contribution in [0.4, 0.5) is 5.69 Å². The first-order valence-corrected chi connectivity index (χ1v) is 7.87. The normalized spacial score (nSPS) is 13.0. The highest BCUT2D eigenvalue weighted by Crippen LogP contribution is 2.31. The van der Waals surface area contributed by atoms with E-state index in [0.29, 0.717) is 18.8 Å². The summed E-state index contributed by atoms with van der Waals surface area (Å²) in [6, 6.07) is 8.38. The Kier molecular flexibility index (Phi) is 4.29. The molecule has 6 nitrogen and oxygen atoms in total. The molecule has 0 fully saturated rings. The van der Waals surface area contributed by atoms with Crippen LogP contribution in [-0.2, 0) is 17.8 Å². The lowest BCUT2D eigenvalue weighted by atomic mass is 10.1. The molecule has 126 valence electrons. The number of rotatable bonds is 4. The molecule has 2 heterocycles. The number of carbonyl (C=O) groups is 1. The number of benzene rings is 1. The second-order valence-electron chi connectivity index (χ2n) is 5.88. The number of aromatic hydroxyl groups is 1. The standard InChI is InChI=1S/C18H20N2O4/c1-12-9-14(21)11-18(23)19(12)8-6-17(22)20-7-5-13-10-15(24-2)3-4-16(13)20/h3-4,9-11,21H,5-8H2,1-2H3. The first-order valence-electron chi connectivity index (χ1n) is 7.87. The molecule has 1 aromatic carbocycles. The lowest BCUT2D eigenvalue weighted by molar-refractivity contribution is -0.118. The molecular formula is C18H20N2O4. The van der Waals surface area contributed by atoms with E-state index in [0.717, 1.165) is 29.5 Å². The molecular weight excluding hydrogens is 308 g/mol. The lowest BCUT2D eigenvalue weighted by Crippen LogP contribution is -2.31. The fraction of sp³-hybridized carbons (Fsp3) is 0.333. The second-order valence-corrected chi connectivity index (χ2v) is 5.88. The smallest absolute Gasteiger partial charge is 0.254 e. The Morgan fingerprint density at radius 1 is 1.29 bits per heavy atom. The maximum Gasteiger partial charge on any atom is 0.254 e. The number of carbonyl (C=O) groups excluding carboxylic acids is 1. The summed E-state index contributed by atoms with van der Waals surface area (Å²) in [6.07, 6.45) is 1.04. The number of pyridine rings is 1. The van der Waals surface area contributed by atoms with Gasteiger partial charge in [0.1, 0.15) is 11.5 Å². The highest BCUT2D eigenvalue weighted by atomic mass is 16.5. The minimum absolute atomic E-state index is 0.0155. The van der Waals surface area contributed by atoms with Crippen molar-refractivity contribution in [2.75, 3.05) is 18.6 Å². The first-order chi connectivity index (χ1) is 11.5. The highest BCUT2D eigenvalue weighted by molar-refractivity contribution is 5.95. The molecule has 0 radical (unpaired) electrons. The van der Waals surface area contributed by atoms with Crippen LogP contribution in [0.5, 0.6) is 11.5 Å². The van der Waals surface area contributed by atoms with Crippen LogP contribution in [-0.4, -0.2) is 29.2 Å². The maximum atomic E-state index is 12.6. The molecule has 6 heteroatoms. The van der Waals surface area contributed by atoms with Gasteiger partial charge in [-0.3, -0.25) is 9.59 Å². The molecule has 0 aliphatic carbocycles. The predicted molar refractivity (Wildman–Crippen MR) is 90.8 cm³/mol. The SMILES string of the molecule is COc1ccc2c(c1)CCN2C(=O)CCn1c(C)cc(O)cc1=O. The van der Waals surface area contributed by atoms with Crippen LogP contribution in [0.3, 0.4) is 0 Å². The van der Waals surface area contributed by atoms with Crippen molar-refractivity contribution in [2.45, 2.75) is 26.3 Å². The van der Waals surface area contributed by atoms with Crippen molar-refractivity contribution < 1.29 is 14.6 Å². The summed E-state index contributed by atoms with van der Waals surface area (Å²) in [4.78, 5) is 26.2. The number of nitrogens with zero attached hydrogens (tertiary/aromatic N) is 2. The maximum absolute atomic E-state index is 12.6. The third-order valence-corrected chi connectivity index (χ3v) is 4.35. The van der Waals surface area contributed by atoms with Crippen LogP contribution in [0.15, 0.2) is 35.1 Å². The average molecular weight is 328 g/mol. The molecule has 0 unspecified atom stereocenters. The molecule has 3 rings (SSSR count). The van der Waals surface area contributed by atoms with E-state index >= 15 is 0 Å². The number of ether oxygens (including phenoxy) is 1. The fourth-order valence-corrected chi connectivity index (χ4v) is 3.10. The van der Waals surface area contributed by atoms with Gasteiger partial charge in [0.05, 0.1) is 7.11 Å². The molecule has 1 aromatic heterocycles. The molecule has 0 saturated heterocycles. The Hall–Kier alpha value is -2.76. The Labute approximate surface area is 139 Å². The molecule has 0 atom stereocenters. The molecule has 1 amide bonds. The van der Waals surface area contributed by atoms with Gasteiger partial charge in [0.25, 0.3) is 5.56 Å². The van der Waals surface area contributed by atoms with Crippen LogP contribution in [0.1, 0.15) is 17.7 Å². The first kappa shape index (κ1) is 16.1. The topological polar surface area (TPSA) is 71.8 Å². The molecule has 0 spiro atoms. The van der Waals surface area contributed by atoms with Crippen molar-refractivity contribution in [3.63, 3.8) is 0 Å². The zero-order valence-corrected chi connectivity index (χ0v) is 13.8. The van der Waals surface area contributed by atoms with Gasteiger partial charge in [0, 0.05) is 37.0 Å². The molecule has 0 saturated carbocycles. The van der Waals surface area contributed by atoms with Gasteiger partial charge in [-0.1, -0.05) is 0 Å². The Morgan fingerprint density at radius 3 is 2.79 bits per heavy atom. The number of aromatic nitrogens is 1. The van der Waals surface area contributed by atoms with Crippen LogP contribution < -0.4 is 15.2 Å². The third kappa shape index (κ3) is 2.99. The fourth-order valence-electron chi connectivity index (χ4n) is 3.10. The monoisotopic (exact) mass is 328 g/mol. The lowest BCUT2D eigenvalue weighted by Gasteiger charge is -2.18. The van der Waals surface area contributed by atoms with E-state index in [1.807, 2.05) is 18.2 Å². The van der Waals surface area contributed by atoms with Gasteiger partial charge in [-0.25, -0.2) is 0 Å². The number of hydrogen-bond donors (Lipinski definition) is 1. The molecule has 1 N–H and O–H groups in total. The van der Waals surface area contributed by atoms with Crippen LogP contribution in [0.2, 0.25) is 0 Å². The van der Waals surface area contributed by atoms with Gasteiger partial charge in [-0.15, -0.1) is 0 Å². The van der Waals surface area contributed by atoms with E-state index in [-0.39, 0.29) is 23.6 Å². The summed E-state index contributed by atoms with van der Waals surface area (Å²) >= 11 is 0. The van der Waals surface area contributed by atoms with E-state index in [9.17, 15) is 14.7 Å². The van der Waals surface area contributed by atoms with Gasteiger partial charge in [-0.05, 0) is 43.2 Å². The number of amides is 1. The molecule has 1 aliphatic heterocycles. The van der Waals surface area contributed by atoms with Crippen molar-refractivity contribution >= 4 is 11.6 Å². The van der Waals surface area contributed by atoms with Crippen LogP contribution in [0, 0.1) is 6.92 Å². The number of methoxy groups -OCH3 is 1. The van der Waals surface area contributed by atoms with Gasteiger partial charge in [0.2, 0.25) is 5.91 Å². The molecule has 2 aromatic rings. The number of hydrogen-bond acceptors (Lipinski definition) is 4. The summed E-state index contributed by atoms with van der Waals surface area (Å²) < 4.78 is 6.72.